The molecule has 0 spiro atoms. The van der Waals surface area contributed by atoms with Gasteiger partial charge in [-0.2, -0.15) is 0 Å². The third-order valence-electron chi connectivity index (χ3n) is 3.54. The zero-order valence-corrected chi connectivity index (χ0v) is 11.1. The fourth-order valence-electron chi connectivity index (χ4n) is 2.49. The van der Waals surface area contributed by atoms with Crippen molar-refractivity contribution < 1.29 is 15.0 Å². The average molecular weight is 273 g/mol. The molecule has 1 aromatic heterocycles. The van der Waals surface area contributed by atoms with Crippen LogP contribution in [0.4, 0.5) is 0 Å². The molecular formula is C14H15N3O3. The van der Waals surface area contributed by atoms with Crippen LogP contribution in [-0.2, 0) is 20.0 Å². The van der Waals surface area contributed by atoms with Crippen molar-refractivity contribution in [2.24, 2.45) is 7.05 Å². The summed E-state index contributed by atoms with van der Waals surface area (Å²) in [4.78, 5) is 18.4. The number of carbonyl (C=O) groups excluding carboxylic acids is 1. The standard InChI is InChI=1S/C14H15N3O3/c1-16-8-15-12-2-3-17(7-13(12)16)14(20)9-4-10(18)6-11(19)5-9/h4-6,8,18-19H,2-3,7H2,1H3. The first kappa shape index (κ1) is 12.5. The van der Waals surface area contributed by atoms with Gasteiger partial charge in [-0.3, -0.25) is 4.79 Å². The number of aryl methyl sites for hydroxylation is 1. The maximum Gasteiger partial charge on any atom is 0.254 e. The van der Waals surface area contributed by atoms with Crippen molar-refractivity contribution in [2.45, 2.75) is 13.0 Å². The predicted molar refractivity (Wildman–Crippen MR) is 71.4 cm³/mol. The van der Waals surface area contributed by atoms with E-state index in [1.165, 1.54) is 18.2 Å². The third kappa shape index (κ3) is 2.09. The normalized spacial score (nSPS) is 14.2. The van der Waals surface area contributed by atoms with Crippen LogP contribution in [0.3, 0.4) is 0 Å². The summed E-state index contributed by atoms with van der Waals surface area (Å²) in [7, 11) is 1.90. The van der Waals surface area contributed by atoms with Crippen molar-refractivity contribution in [1.82, 2.24) is 14.5 Å². The van der Waals surface area contributed by atoms with Crippen LogP contribution in [-0.4, -0.2) is 37.1 Å². The smallest absolute Gasteiger partial charge is 0.254 e. The summed E-state index contributed by atoms with van der Waals surface area (Å²) in [6.45, 7) is 1.07. The van der Waals surface area contributed by atoms with E-state index < -0.39 is 0 Å². The Kier molecular flexibility index (Phi) is 2.85. The predicted octanol–water partition coefficient (Wildman–Crippen LogP) is 1.03. The highest BCUT2D eigenvalue weighted by molar-refractivity contribution is 5.95. The van der Waals surface area contributed by atoms with Crippen molar-refractivity contribution in [2.75, 3.05) is 6.54 Å². The lowest BCUT2D eigenvalue weighted by Gasteiger charge is -2.27. The molecule has 0 saturated heterocycles. The first-order valence-electron chi connectivity index (χ1n) is 6.36. The van der Waals surface area contributed by atoms with E-state index in [2.05, 4.69) is 4.98 Å². The van der Waals surface area contributed by atoms with Crippen molar-refractivity contribution in [3.05, 3.63) is 41.5 Å². The Labute approximate surface area is 115 Å². The second-order valence-corrected chi connectivity index (χ2v) is 4.96. The lowest BCUT2D eigenvalue weighted by molar-refractivity contribution is 0.0729. The highest BCUT2D eigenvalue weighted by Gasteiger charge is 2.24. The molecule has 0 unspecified atom stereocenters. The van der Waals surface area contributed by atoms with E-state index in [0.29, 0.717) is 19.5 Å². The first-order chi connectivity index (χ1) is 9.54. The monoisotopic (exact) mass is 273 g/mol. The van der Waals surface area contributed by atoms with Gasteiger partial charge < -0.3 is 19.7 Å². The lowest BCUT2D eigenvalue weighted by Crippen LogP contribution is -2.36. The molecule has 0 saturated carbocycles. The molecular weight excluding hydrogens is 258 g/mol. The second kappa shape index (κ2) is 4.56. The molecule has 1 aliphatic heterocycles. The van der Waals surface area contributed by atoms with E-state index in [0.717, 1.165) is 11.4 Å². The van der Waals surface area contributed by atoms with Gasteiger partial charge in [-0.25, -0.2) is 4.98 Å². The van der Waals surface area contributed by atoms with Crippen LogP contribution in [0.5, 0.6) is 11.5 Å². The van der Waals surface area contributed by atoms with Crippen molar-refractivity contribution in [3.8, 4) is 11.5 Å². The maximum atomic E-state index is 12.4. The van der Waals surface area contributed by atoms with Gasteiger partial charge in [0.2, 0.25) is 0 Å². The molecule has 6 heteroatoms. The van der Waals surface area contributed by atoms with Crippen LogP contribution >= 0.6 is 0 Å². The number of nitrogens with zero attached hydrogens (tertiary/aromatic N) is 3. The van der Waals surface area contributed by atoms with E-state index in [9.17, 15) is 15.0 Å². The number of phenolic OH excluding ortho intramolecular Hbond substituents is 2. The molecule has 0 fully saturated rings. The van der Waals surface area contributed by atoms with Gasteiger partial charge >= 0.3 is 0 Å². The molecule has 3 rings (SSSR count). The summed E-state index contributed by atoms with van der Waals surface area (Å²) in [6.07, 6.45) is 2.46. The Balaban J connectivity index is 1.87. The van der Waals surface area contributed by atoms with Gasteiger partial charge in [0.05, 0.1) is 24.3 Å². The Bertz CT molecular complexity index is 658. The van der Waals surface area contributed by atoms with Crippen molar-refractivity contribution in [1.29, 1.82) is 0 Å². The lowest BCUT2D eigenvalue weighted by atomic mass is 10.1. The molecule has 1 aliphatic rings. The van der Waals surface area contributed by atoms with Gasteiger partial charge in [0.15, 0.2) is 0 Å². The minimum Gasteiger partial charge on any atom is -0.508 e. The third-order valence-corrected chi connectivity index (χ3v) is 3.54. The van der Waals surface area contributed by atoms with E-state index in [1.807, 2.05) is 11.6 Å². The number of aromatic hydroxyl groups is 2. The number of hydrogen-bond acceptors (Lipinski definition) is 4. The van der Waals surface area contributed by atoms with E-state index >= 15 is 0 Å². The molecule has 20 heavy (non-hydrogen) atoms. The minimum atomic E-state index is -0.206. The highest BCUT2D eigenvalue weighted by Crippen LogP contribution is 2.24. The molecule has 0 radical (unpaired) electrons. The number of phenols is 2. The largest absolute Gasteiger partial charge is 0.508 e. The summed E-state index contributed by atoms with van der Waals surface area (Å²) in [5.41, 5.74) is 2.33. The molecule has 0 aliphatic carbocycles. The topological polar surface area (TPSA) is 78.6 Å². The fraction of sp³-hybridized carbons (Fsp3) is 0.286. The number of benzene rings is 1. The molecule has 1 aromatic carbocycles. The van der Waals surface area contributed by atoms with Crippen LogP contribution in [0.1, 0.15) is 21.7 Å². The molecule has 6 nitrogen and oxygen atoms in total. The molecule has 2 N–H and O–H groups in total. The molecule has 0 bridgehead atoms. The Morgan fingerprint density at radius 2 is 1.95 bits per heavy atom. The maximum absolute atomic E-state index is 12.4. The SMILES string of the molecule is Cn1cnc2c1CN(C(=O)c1cc(O)cc(O)c1)CC2. The summed E-state index contributed by atoms with van der Waals surface area (Å²) in [5.74, 6) is -0.443. The Hall–Kier alpha value is -2.50. The van der Waals surface area contributed by atoms with Crippen LogP contribution in [0.2, 0.25) is 0 Å². The van der Waals surface area contributed by atoms with Crippen LogP contribution in [0, 0.1) is 0 Å². The highest BCUT2D eigenvalue weighted by atomic mass is 16.3. The van der Waals surface area contributed by atoms with Crippen LogP contribution < -0.4 is 0 Å². The fourth-order valence-corrected chi connectivity index (χ4v) is 2.49. The number of hydrogen-bond donors (Lipinski definition) is 2. The van der Waals surface area contributed by atoms with E-state index in [-0.39, 0.29) is 23.0 Å². The number of imidazole rings is 1. The zero-order valence-electron chi connectivity index (χ0n) is 11.1. The zero-order chi connectivity index (χ0) is 14.3. The molecule has 0 atom stereocenters. The number of rotatable bonds is 1. The van der Waals surface area contributed by atoms with Gasteiger partial charge in [0, 0.05) is 31.6 Å². The summed E-state index contributed by atoms with van der Waals surface area (Å²) >= 11 is 0. The van der Waals surface area contributed by atoms with Crippen LogP contribution in [0.25, 0.3) is 0 Å². The quantitative estimate of drug-likeness (QED) is 0.813. The van der Waals surface area contributed by atoms with Crippen molar-refractivity contribution >= 4 is 5.91 Å². The molecule has 104 valence electrons. The van der Waals surface area contributed by atoms with Gasteiger partial charge in [-0.05, 0) is 12.1 Å². The first-order valence-corrected chi connectivity index (χ1v) is 6.36. The van der Waals surface area contributed by atoms with Crippen LogP contribution in [0.15, 0.2) is 24.5 Å². The van der Waals surface area contributed by atoms with Gasteiger partial charge in [0.1, 0.15) is 11.5 Å². The molecule has 2 aromatic rings. The number of carbonyl (C=O) groups is 1. The van der Waals surface area contributed by atoms with Gasteiger partial charge in [0.25, 0.3) is 5.91 Å². The average Bonchev–Trinajstić information content (AvgIpc) is 2.78. The van der Waals surface area contributed by atoms with E-state index in [1.54, 1.807) is 11.2 Å². The van der Waals surface area contributed by atoms with Crippen molar-refractivity contribution in [3.63, 3.8) is 0 Å². The van der Waals surface area contributed by atoms with Gasteiger partial charge in [-0.1, -0.05) is 0 Å². The minimum absolute atomic E-state index is 0.119. The van der Waals surface area contributed by atoms with E-state index in [4.69, 9.17) is 0 Å². The summed E-state index contributed by atoms with van der Waals surface area (Å²) in [6, 6.07) is 3.92. The number of amides is 1. The number of aromatic nitrogens is 2. The Morgan fingerprint density at radius 3 is 2.65 bits per heavy atom. The number of fused-ring (bicyclic) bond motifs is 1. The summed E-state index contributed by atoms with van der Waals surface area (Å²) < 4.78 is 1.91. The second-order valence-electron chi connectivity index (χ2n) is 4.96. The molecule has 2 heterocycles. The molecule has 1 amide bonds. The van der Waals surface area contributed by atoms with Gasteiger partial charge in [-0.15, -0.1) is 0 Å². The Morgan fingerprint density at radius 1 is 1.25 bits per heavy atom. The summed E-state index contributed by atoms with van der Waals surface area (Å²) in [5, 5.41) is 18.9.